The number of urea groups is 1. The Kier molecular flexibility index (Phi) is 4.39. The molecule has 2 aromatic rings. The van der Waals surface area contributed by atoms with E-state index in [1.54, 1.807) is 4.90 Å². The van der Waals surface area contributed by atoms with Gasteiger partial charge in [-0.1, -0.05) is 13.8 Å². The number of hydrogen-bond donors (Lipinski definition) is 1. The standard InChI is InChI=1S/C14H18N4O3S/c1-9(2)12-16-17-13(21-12)11-7-20-5-4-18(11)14(19)15-10-3-6-22-8-10/h3,6,8-9,11H,4-5,7H2,1-2H3,(H,15,19)/t11-/m0/s1. The Morgan fingerprint density at radius 2 is 2.36 bits per heavy atom. The third kappa shape index (κ3) is 3.12. The second kappa shape index (κ2) is 6.45. The van der Waals surface area contributed by atoms with Crippen LogP contribution in [-0.4, -0.2) is 40.9 Å². The van der Waals surface area contributed by atoms with Crippen LogP contribution in [0.5, 0.6) is 0 Å². The van der Waals surface area contributed by atoms with E-state index in [0.29, 0.717) is 31.5 Å². The molecule has 22 heavy (non-hydrogen) atoms. The zero-order chi connectivity index (χ0) is 15.5. The van der Waals surface area contributed by atoms with Crippen molar-refractivity contribution in [2.75, 3.05) is 25.1 Å². The molecule has 118 valence electrons. The van der Waals surface area contributed by atoms with E-state index in [0.717, 1.165) is 5.69 Å². The molecule has 1 atom stereocenters. The Hall–Kier alpha value is -1.93. The van der Waals surface area contributed by atoms with Crippen molar-refractivity contribution >= 4 is 23.1 Å². The highest BCUT2D eigenvalue weighted by Gasteiger charge is 2.33. The predicted molar refractivity (Wildman–Crippen MR) is 82.0 cm³/mol. The van der Waals surface area contributed by atoms with Gasteiger partial charge in [-0.05, 0) is 11.4 Å². The highest BCUT2D eigenvalue weighted by molar-refractivity contribution is 7.08. The molecule has 7 nitrogen and oxygen atoms in total. The lowest BCUT2D eigenvalue weighted by atomic mass is 10.2. The summed E-state index contributed by atoms with van der Waals surface area (Å²) in [4.78, 5) is 14.1. The van der Waals surface area contributed by atoms with Crippen LogP contribution in [0.2, 0.25) is 0 Å². The molecule has 3 heterocycles. The lowest BCUT2D eigenvalue weighted by Crippen LogP contribution is -2.45. The first-order chi connectivity index (χ1) is 10.6. The SMILES string of the molecule is CC(C)c1nnc([C@@H]2COCCN2C(=O)Nc2ccsc2)o1. The topological polar surface area (TPSA) is 80.5 Å². The maximum atomic E-state index is 12.5. The molecule has 0 aromatic carbocycles. The molecule has 1 aliphatic rings. The first-order valence-electron chi connectivity index (χ1n) is 7.16. The molecule has 1 N–H and O–H groups in total. The van der Waals surface area contributed by atoms with Crippen molar-refractivity contribution in [3.05, 3.63) is 28.6 Å². The summed E-state index contributed by atoms with van der Waals surface area (Å²) in [5.74, 6) is 1.14. The van der Waals surface area contributed by atoms with Crippen LogP contribution < -0.4 is 5.32 Å². The second-order valence-corrected chi connectivity index (χ2v) is 6.14. The molecular weight excluding hydrogens is 304 g/mol. The van der Waals surface area contributed by atoms with Crippen LogP contribution in [0.15, 0.2) is 21.2 Å². The van der Waals surface area contributed by atoms with E-state index in [9.17, 15) is 4.79 Å². The number of carbonyl (C=O) groups excluding carboxylic acids is 1. The Morgan fingerprint density at radius 3 is 3.05 bits per heavy atom. The summed E-state index contributed by atoms with van der Waals surface area (Å²) in [6.07, 6.45) is 0. The quantitative estimate of drug-likeness (QED) is 0.940. The molecule has 8 heteroatoms. The molecule has 0 spiro atoms. The Morgan fingerprint density at radius 1 is 1.50 bits per heavy atom. The largest absolute Gasteiger partial charge is 0.423 e. The van der Waals surface area contributed by atoms with Gasteiger partial charge in [0, 0.05) is 17.8 Å². The van der Waals surface area contributed by atoms with Crippen molar-refractivity contribution < 1.29 is 13.9 Å². The second-order valence-electron chi connectivity index (χ2n) is 5.36. The number of amides is 2. The van der Waals surface area contributed by atoms with Crippen LogP contribution in [0.1, 0.15) is 37.6 Å². The number of nitrogens with zero attached hydrogens (tertiary/aromatic N) is 3. The number of nitrogens with one attached hydrogen (secondary N) is 1. The van der Waals surface area contributed by atoms with Gasteiger partial charge in [0.25, 0.3) is 0 Å². The van der Waals surface area contributed by atoms with E-state index in [2.05, 4.69) is 15.5 Å². The van der Waals surface area contributed by atoms with Gasteiger partial charge in [-0.15, -0.1) is 10.2 Å². The van der Waals surface area contributed by atoms with E-state index >= 15 is 0 Å². The normalized spacial score (nSPS) is 18.7. The molecular formula is C14H18N4O3S. The summed E-state index contributed by atoms with van der Waals surface area (Å²) in [5, 5.41) is 14.8. The molecule has 0 saturated carbocycles. The summed E-state index contributed by atoms with van der Waals surface area (Å²) in [6, 6.07) is 1.32. The third-order valence-corrected chi connectivity index (χ3v) is 4.08. The zero-order valence-corrected chi connectivity index (χ0v) is 13.3. The number of carbonyl (C=O) groups is 1. The Balaban J connectivity index is 1.76. The summed E-state index contributed by atoms with van der Waals surface area (Å²) in [5.41, 5.74) is 0.786. The molecule has 0 radical (unpaired) electrons. The van der Waals surface area contributed by atoms with E-state index in [1.165, 1.54) is 11.3 Å². The average molecular weight is 322 g/mol. The number of anilines is 1. The molecule has 1 fully saturated rings. The average Bonchev–Trinajstić information content (AvgIpc) is 3.18. The molecule has 3 rings (SSSR count). The summed E-state index contributed by atoms with van der Waals surface area (Å²) < 4.78 is 11.2. The summed E-state index contributed by atoms with van der Waals surface area (Å²) in [7, 11) is 0. The van der Waals surface area contributed by atoms with Crippen LogP contribution in [0.25, 0.3) is 0 Å². The number of morpholine rings is 1. The Labute approximate surface area is 132 Å². The van der Waals surface area contributed by atoms with E-state index in [4.69, 9.17) is 9.15 Å². The highest BCUT2D eigenvalue weighted by atomic mass is 32.1. The van der Waals surface area contributed by atoms with Crippen molar-refractivity contribution in [1.29, 1.82) is 0 Å². The highest BCUT2D eigenvalue weighted by Crippen LogP contribution is 2.26. The third-order valence-electron chi connectivity index (χ3n) is 3.40. The van der Waals surface area contributed by atoms with Gasteiger partial charge in [-0.25, -0.2) is 4.79 Å². The number of ether oxygens (including phenoxy) is 1. The minimum absolute atomic E-state index is 0.152. The maximum absolute atomic E-state index is 12.5. The molecule has 1 saturated heterocycles. The van der Waals surface area contributed by atoms with Crippen LogP contribution in [0, 0.1) is 0 Å². The minimum atomic E-state index is -0.354. The first-order valence-corrected chi connectivity index (χ1v) is 8.10. The van der Waals surface area contributed by atoms with Crippen LogP contribution >= 0.6 is 11.3 Å². The molecule has 2 amide bonds. The lowest BCUT2D eigenvalue weighted by molar-refractivity contribution is 0.00494. The Bertz CT molecular complexity index is 626. The van der Waals surface area contributed by atoms with E-state index < -0.39 is 0 Å². The number of thiophene rings is 1. The van der Waals surface area contributed by atoms with Crippen molar-refractivity contribution in [3.63, 3.8) is 0 Å². The van der Waals surface area contributed by atoms with E-state index in [-0.39, 0.29) is 18.0 Å². The van der Waals surface area contributed by atoms with Crippen molar-refractivity contribution in [2.24, 2.45) is 0 Å². The van der Waals surface area contributed by atoms with Crippen LogP contribution in [-0.2, 0) is 4.74 Å². The predicted octanol–water partition coefficient (Wildman–Crippen LogP) is 2.86. The molecule has 1 aliphatic heterocycles. The van der Waals surface area contributed by atoms with Gasteiger partial charge < -0.3 is 19.4 Å². The zero-order valence-electron chi connectivity index (χ0n) is 12.5. The number of aromatic nitrogens is 2. The van der Waals surface area contributed by atoms with Gasteiger partial charge in [-0.2, -0.15) is 11.3 Å². The number of hydrogen-bond acceptors (Lipinski definition) is 6. The summed E-state index contributed by atoms with van der Waals surface area (Å²) >= 11 is 1.53. The molecule has 2 aromatic heterocycles. The fourth-order valence-corrected chi connectivity index (χ4v) is 2.78. The van der Waals surface area contributed by atoms with Gasteiger partial charge >= 0.3 is 6.03 Å². The minimum Gasteiger partial charge on any atom is -0.423 e. The first kappa shape index (κ1) is 15.0. The lowest BCUT2D eigenvalue weighted by Gasteiger charge is -2.33. The van der Waals surface area contributed by atoms with Gasteiger partial charge in [0.1, 0.15) is 6.04 Å². The van der Waals surface area contributed by atoms with Gasteiger partial charge in [0.2, 0.25) is 11.8 Å². The van der Waals surface area contributed by atoms with Gasteiger partial charge in [-0.3, -0.25) is 0 Å². The van der Waals surface area contributed by atoms with Crippen LogP contribution in [0.4, 0.5) is 10.5 Å². The van der Waals surface area contributed by atoms with Crippen LogP contribution in [0.3, 0.4) is 0 Å². The van der Waals surface area contributed by atoms with Crippen molar-refractivity contribution in [3.8, 4) is 0 Å². The summed E-state index contributed by atoms with van der Waals surface area (Å²) in [6.45, 7) is 5.31. The number of rotatable bonds is 3. The smallest absolute Gasteiger partial charge is 0.322 e. The maximum Gasteiger partial charge on any atom is 0.322 e. The fraction of sp³-hybridized carbons (Fsp3) is 0.500. The van der Waals surface area contributed by atoms with Gasteiger partial charge in [0.15, 0.2) is 0 Å². The van der Waals surface area contributed by atoms with Crippen molar-refractivity contribution in [2.45, 2.75) is 25.8 Å². The van der Waals surface area contributed by atoms with Crippen molar-refractivity contribution in [1.82, 2.24) is 15.1 Å². The van der Waals surface area contributed by atoms with Gasteiger partial charge in [0.05, 0.1) is 18.9 Å². The van der Waals surface area contributed by atoms with E-state index in [1.807, 2.05) is 30.7 Å². The molecule has 0 unspecified atom stereocenters. The molecule has 0 aliphatic carbocycles. The fourth-order valence-electron chi connectivity index (χ4n) is 2.20. The monoisotopic (exact) mass is 322 g/mol. The molecule has 0 bridgehead atoms.